The van der Waals surface area contributed by atoms with E-state index in [1.165, 1.54) is 24.3 Å². The maximum absolute atomic E-state index is 11.4. The highest BCUT2D eigenvalue weighted by Gasteiger charge is 2.53. The van der Waals surface area contributed by atoms with E-state index in [9.17, 15) is 4.79 Å². The van der Waals surface area contributed by atoms with Crippen molar-refractivity contribution in [2.45, 2.75) is 56.5 Å². The molecular weight excluding hydrogens is 242 g/mol. The van der Waals surface area contributed by atoms with Crippen molar-refractivity contribution in [1.29, 1.82) is 5.53 Å². The Hall–Kier alpha value is -1.43. The van der Waals surface area contributed by atoms with Crippen LogP contribution >= 0.6 is 0 Å². The van der Waals surface area contributed by atoms with Gasteiger partial charge in [0, 0.05) is 12.2 Å². The fourth-order valence-electron chi connectivity index (χ4n) is 2.84. The lowest BCUT2D eigenvalue weighted by atomic mass is 9.84. The molecular formula is C13H23N5O. The molecule has 0 radical (unpaired) electrons. The van der Waals surface area contributed by atoms with E-state index < -0.39 is 11.4 Å². The molecule has 5 N–H and O–H groups in total. The summed E-state index contributed by atoms with van der Waals surface area (Å²) in [6.45, 7) is 0. The molecule has 0 aromatic carbocycles. The van der Waals surface area contributed by atoms with Crippen LogP contribution in [0.5, 0.6) is 0 Å². The normalized spacial score (nSPS) is 24.1. The van der Waals surface area contributed by atoms with E-state index in [4.69, 9.17) is 17.0 Å². The minimum Gasteiger partial charge on any atom is -0.368 e. The Labute approximate surface area is 113 Å². The molecule has 2 saturated carbocycles. The second kappa shape index (κ2) is 5.69. The zero-order valence-electron chi connectivity index (χ0n) is 11.2. The van der Waals surface area contributed by atoms with Crippen LogP contribution in [-0.4, -0.2) is 22.5 Å². The molecule has 2 aliphatic rings. The zero-order valence-corrected chi connectivity index (χ0v) is 11.2. The first-order valence-corrected chi connectivity index (χ1v) is 7.01. The Morgan fingerprint density at radius 3 is 2.47 bits per heavy atom. The van der Waals surface area contributed by atoms with Gasteiger partial charge in [-0.3, -0.25) is 4.79 Å². The van der Waals surface area contributed by atoms with Crippen LogP contribution in [0.1, 0.15) is 44.9 Å². The number of nitrogens with two attached hydrogens (primary N) is 2. The Kier molecular flexibility index (Phi) is 4.19. The number of carbonyl (C=O) groups is 1. The number of nitrogens with one attached hydrogen (secondary N) is 1. The third-order valence-electron chi connectivity index (χ3n) is 4.37. The van der Waals surface area contributed by atoms with Crippen molar-refractivity contribution < 1.29 is 4.79 Å². The minimum absolute atomic E-state index is 0.0340. The summed E-state index contributed by atoms with van der Waals surface area (Å²) < 4.78 is 0. The molecule has 2 aliphatic carbocycles. The third kappa shape index (κ3) is 2.94. The van der Waals surface area contributed by atoms with E-state index in [1.54, 1.807) is 6.20 Å². The second-order valence-electron chi connectivity index (χ2n) is 5.66. The molecule has 6 heteroatoms. The third-order valence-corrected chi connectivity index (χ3v) is 4.37. The molecule has 0 aliphatic heterocycles. The van der Waals surface area contributed by atoms with Crippen LogP contribution in [0.4, 0.5) is 0 Å². The second-order valence-corrected chi connectivity index (χ2v) is 5.66. The van der Waals surface area contributed by atoms with Crippen LogP contribution in [0.2, 0.25) is 0 Å². The monoisotopic (exact) mass is 265 g/mol. The molecule has 0 aromatic rings. The number of primary amides is 1. The van der Waals surface area contributed by atoms with Gasteiger partial charge in [-0.1, -0.05) is 24.5 Å². The van der Waals surface area contributed by atoms with Crippen LogP contribution in [0.15, 0.2) is 17.5 Å². The van der Waals surface area contributed by atoms with E-state index in [-0.39, 0.29) is 6.04 Å². The van der Waals surface area contributed by atoms with Crippen molar-refractivity contribution in [3.05, 3.63) is 12.3 Å². The van der Waals surface area contributed by atoms with Gasteiger partial charge in [-0.2, -0.15) is 5.53 Å². The number of rotatable bonds is 6. The maximum Gasteiger partial charge on any atom is 0.245 e. The van der Waals surface area contributed by atoms with Crippen molar-refractivity contribution in [3.63, 3.8) is 0 Å². The van der Waals surface area contributed by atoms with Gasteiger partial charge in [0.15, 0.2) is 0 Å². The van der Waals surface area contributed by atoms with E-state index in [1.807, 2.05) is 6.08 Å². The van der Waals surface area contributed by atoms with Crippen molar-refractivity contribution >= 4 is 5.91 Å². The predicted octanol–water partition coefficient (Wildman–Crippen LogP) is 1.67. The molecule has 106 valence electrons. The molecule has 2 fully saturated rings. The van der Waals surface area contributed by atoms with E-state index >= 15 is 0 Å². The van der Waals surface area contributed by atoms with Gasteiger partial charge < -0.3 is 11.5 Å². The van der Waals surface area contributed by atoms with E-state index in [0.29, 0.717) is 18.8 Å². The van der Waals surface area contributed by atoms with Crippen molar-refractivity contribution in [3.8, 4) is 0 Å². The standard InChI is InChI=1S/C13H23N5O/c14-11(10-4-2-1-3-5-10)6-9-18(17-16)13(7-8-13)12(15)19/h6,9-11,16H,1-5,7-8,14H2,(H2,15,19). The fraction of sp³-hybridized carbons (Fsp3) is 0.769. The lowest BCUT2D eigenvalue weighted by Gasteiger charge is -2.26. The molecule has 6 nitrogen and oxygen atoms in total. The average Bonchev–Trinajstić information content (AvgIpc) is 3.22. The number of carbonyl (C=O) groups excluding carboxylic acids is 1. The Morgan fingerprint density at radius 1 is 1.37 bits per heavy atom. The summed E-state index contributed by atoms with van der Waals surface area (Å²) in [6, 6.07) is -0.0340. The quantitative estimate of drug-likeness (QED) is 0.502. The maximum atomic E-state index is 11.4. The Balaban J connectivity index is 1.96. The van der Waals surface area contributed by atoms with Gasteiger partial charge >= 0.3 is 0 Å². The SMILES string of the molecule is N=NN(C=CC(N)C1CCCCC1)C1(C(N)=O)CC1. The first kappa shape index (κ1) is 14.0. The van der Waals surface area contributed by atoms with Gasteiger partial charge in [-0.15, -0.1) is 0 Å². The van der Waals surface area contributed by atoms with Gasteiger partial charge in [0.25, 0.3) is 0 Å². The topological polar surface area (TPSA) is 109 Å². The predicted molar refractivity (Wildman–Crippen MR) is 71.8 cm³/mol. The average molecular weight is 265 g/mol. The molecule has 0 bridgehead atoms. The fourth-order valence-corrected chi connectivity index (χ4v) is 2.84. The van der Waals surface area contributed by atoms with Crippen molar-refractivity contribution in [2.24, 2.45) is 22.6 Å². The van der Waals surface area contributed by atoms with Crippen LogP contribution in [0, 0.1) is 11.4 Å². The van der Waals surface area contributed by atoms with E-state index in [0.717, 1.165) is 12.8 Å². The zero-order chi connectivity index (χ0) is 13.9. The summed E-state index contributed by atoms with van der Waals surface area (Å²) >= 11 is 0. The smallest absolute Gasteiger partial charge is 0.245 e. The molecule has 0 spiro atoms. The van der Waals surface area contributed by atoms with Gasteiger partial charge in [0.05, 0.1) is 0 Å². The molecule has 1 amide bonds. The van der Waals surface area contributed by atoms with Crippen LogP contribution in [0.25, 0.3) is 0 Å². The number of hydrogen-bond donors (Lipinski definition) is 3. The lowest BCUT2D eigenvalue weighted by Crippen LogP contribution is -2.42. The molecule has 0 saturated heterocycles. The molecule has 0 heterocycles. The van der Waals surface area contributed by atoms with Crippen LogP contribution < -0.4 is 11.5 Å². The van der Waals surface area contributed by atoms with E-state index in [2.05, 4.69) is 5.22 Å². The Morgan fingerprint density at radius 2 is 2.00 bits per heavy atom. The number of nitrogens with zero attached hydrogens (tertiary/aromatic N) is 2. The number of hydrogen-bond acceptors (Lipinski definition) is 4. The van der Waals surface area contributed by atoms with Gasteiger partial charge in [-0.25, -0.2) is 5.01 Å². The highest BCUT2D eigenvalue weighted by molar-refractivity contribution is 5.87. The highest BCUT2D eigenvalue weighted by Crippen LogP contribution is 2.42. The van der Waals surface area contributed by atoms with Gasteiger partial charge in [-0.05, 0) is 37.7 Å². The van der Waals surface area contributed by atoms with Gasteiger partial charge in [0.2, 0.25) is 5.91 Å². The largest absolute Gasteiger partial charge is 0.368 e. The minimum atomic E-state index is -0.773. The summed E-state index contributed by atoms with van der Waals surface area (Å²) in [7, 11) is 0. The first-order chi connectivity index (χ1) is 9.10. The first-order valence-electron chi connectivity index (χ1n) is 7.01. The number of amides is 1. The van der Waals surface area contributed by atoms with Gasteiger partial charge in [0.1, 0.15) is 5.54 Å². The molecule has 0 aromatic heterocycles. The summed E-state index contributed by atoms with van der Waals surface area (Å²) in [5.74, 6) is 0.0840. The molecule has 19 heavy (non-hydrogen) atoms. The van der Waals surface area contributed by atoms with Crippen LogP contribution in [-0.2, 0) is 4.79 Å². The van der Waals surface area contributed by atoms with Crippen molar-refractivity contribution in [1.82, 2.24) is 5.01 Å². The Bertz CT molecular complexity index is 371. The molecule has 1 atom stereocenters. The van der Waals surface area contributed by atoms with Crippen LogP contribution in [0.3, 0.4) is 0 Å². The summed E-state index contributed by atoms with van der Waals surface area (Å²) in [6.07, 6.45) is 10.9. The lowest BCUT2D eigenvalue weighted by molar-refractivity contribution is -0.123. The summed E-state index contributed by atoms with van der Waals surface area (Å²) in [5, 5.41) is 4.76. The van der Waals surface area contributed by atoms with Crippen molar-refractivity contribution in [2.75, 3.05) is 0 Å². The highest BCUT2D eigenvalue weighted by atomic mass is 16.2. The molecule has 2 rings (SSSR count). The summed E-state index contributed by atoms with van der Waals surface area (Å²) in [5.41, 5.74) is 17.9. The summed E-state index contributed by atoms with van der Waals surface area (Å²) in [4.78, 5) is 11.4. The molecule has 1 unspecified atom stereocenters.